The highest BCUT2D eigenvalue weighted by Gasteiger charge is 2.25. The van der Waals surface area contributed by atoms with Crippen LogP contribution in [-0.4, -0.2) is 16.6 Å². The van der Waals surface area contributed by atoms with Gasteiger partial charge < -0.3 is 10.4 Å². The summed E-state index contributed by atoms with van der Waals surface area (Å²) >= 11 is 3.11. The fraction of sp³-hybridized carbons (Fsp3) is 0.300. The highest BCUT2D eigenvalue weighted by Crippen LogP contribution is 2.25. The van der Waals surface area contributed by atoms with E-state index in [-0.39, 0.29) is 5.69 Å². The van der Waals surface area contributed by atoms with Crippen molar-refractivity contribution in [2.24, 2.45) is 0 Å². The maximum Gasteiger partial charge on any atom is 0.255 e. The first kappa shape index (κ1) is 12.1. The van der Waals surface area contributed by atoms with Gasteiger partial charge >= 0.3 is 0 Å². The van der Waals surface area contributed by atoms with E-state index in [1.165, 1.54) is 26.0 Å². The lowest BCUT2D eigenvalue weighted by molar-refractivity contribution is -0.130. The highest BCUT2D eigenvalue weighted by molar-refractivity contribution is 9.10. The Morgan fingerprint density at radius 3 is 2.60 bits per heavy atom. The van der Waals surface area contributed by atoms with Crippen LogP contribution in [0.3, 0.4) is 0 Å². The molecule has 0 unspecified atom stereocenters. The van der Waals surface area contributed by atoms with Crippen molar-refractivity contribution in [3.05, 3.63) is 28.5 Å². The molecule has 0 saturated heterocycles. The second-order valence-corrected chi connectivity index (χ2v) is 4.46. The zero-order valence-corrected chi connectivity index (χ0v) is 9.93. The first-order valence-electron chi connectivity index (χ1n) is 4.30. The number of carbonyl (C=O) groups is 1. The van der Waals surface area contributed by atoms with E-state index in [9.17, 15) is 14.3 Å². The lowest BCUT2D eigenvalue weighted by Crippen LogP contribution is -2.37. The van der Waals surface area contributed by atoms with E-state index < -0.39 is 17.3 Å². The second kappa shape index (κ2) is 4.28. The van der Waals surface area contributed by atoms with Crippen molar-refractivity contribution < 1.29 is 14.3 Å². The predicted octanol–water partition coefficient (Wildman–Crippen LogP) is 2.30. The summed E-state index contributed by atoms with van der Waals surface area (Å²) in [5.41, 5.74) is -1.51. The lowest BCUT2D eigenvalue weighted by Gasteiger charge is -2.17. The maximum atomic E-state index is 13.3. The molecule has 0 atom stereocenters. The highest BCUT2D eigenvalue weighted by atomic mass is 79.9. The normalized spacial score (nSPS) is 11.3. The maximum absolute atomic E-state index is 13.3. The minimum atomic E-state index is -1.54. The quantitative estimate of drug-likeness (QED) is 0.870. The molecule has 2 N–H and O–H groups in total. The Hall–Kier alpha value is -0.940. The Balaban J connectivity index is 2.95. The third kappa shape index (κ3) is 3.00. The van der Waals surface area contributed by atoms with Crippen molar-refractivity contribution in [2.75, 3.05) is 5.32 Å². The number of benzene rings is 1. The number of hydrogen-bond acceptors (Lipinski definition) is 2. The molecule has 82 valence electrons. The summed E-state index contributed by atoms with van der Waals surface area (Å²) in [6.45, 7) is 2.66. The summed E-state index contributed by atoms with van der Waals surface area (Å²) < 4.78 is 13.7. The molecule has 0 aliphatic heterocycles. The van der Waals surface area contributed by atoms with E-state index >= 15 is 0 Å². The standard InChI is InChI=1S/C10H11BrFNO2/c1-10(2,15)9(14)13-8-6(11)4-3-5-7(8)12/h3-5,15H,1-2H3,(H,13,14). The summed E-state index contributed by atoms with van der Waals surface area (Å²) in [6, 6.07) is 4.34. The molecule has 1 amide bonds. The van der Waals surface area contributed by atoms with Gasteiger partial charge in [0.05, 0.1) is 5.69 Å². The van der Waals surface area contributed by atoms with Gasteiger partial charge in [0.2, 0.25) is 0 Å². The number of halogens is 2. The van der Waals surface area contributed by atoms with Crippen LogP contribution in [0.1, 0.15) is 13.8 Å². The number of rotatable bonds is 2. The average Bonchev–Trinajstić information content (AvgIpc) is 2.09. The van der Waals surface area contributed by atoms with Crippen LogP contribution in [0.25, 0.3) is 0 Å². The van der Waals surface area contributed by atoms with Crippen LogP contribution < -0.4 is 5.32 Å². The van der Waals surface area contributed by atoms with Gasteiger partial charge in [-0.15, -0.1) is 0 Å². The molecule has 1 rings (SSSR count). The van der Waals surface area contributed by atoms with Gasteiger partial charge in [0.25, 0.3) is 5.91 Å². The topological polar surface area (TPSA) is 49.3 Å². The van der Waals surface area contributed by atoms with Gasteiger partial charge in [-0.2, -0.15) is 0 Å². The molecule has 1 aromatic rings. The monoisotopic (exact) mass is 275 g/mol. The predicted molar refractivity (Wildman–Crippen MR) is 59.0 cm³/mol. The molecule has 0 radical (unpaired) electrons. The molecule has 0 aliphatic carbocycles. The van der Waals surface area contributed by atoms with Crippen LogP contribution in [0.5, 0.6) is 0 Å². The number of para-hydroxylation sites is 1. The number of anilines is 1. The zero-order chi connectivity index (χ0) is 11.6. The molecular formula is C10H11BrFNO2. The first-order chi connectivity index (χ1) is 6.82. The minimum Gasteiger partial charge on any atom is -0.381 e. The Bertz CT molecular complexity index is 367. The molecule has 5 heteroatoms. The number of amides is 1. The second-order valence-electron chi connectivity index (χ2n) is 3.61. The minimum absolute atomic E-state index is 0.0321. The van der Waals surface area contributed by atoms with Crippen molar-refractivity contribution >= 4 is 27.5 Å². The van der Waals surface area contributed by atoms with Crippen molar-refractivity contribution in [2.45, 2.75) is 19.4 Å². The summed E-state index contributed by atoms with van der Waals surface area (Å²) in [5, 5.41) is 11.7. The van der Waals surface area contributed by atoms with Gasteiger partial charge in [0.1, 0.15) is 11.4 Å². The van der Waals surface area contributed by atoms with Gasteiger partial charge in [-0.05, 0) is 41.9 Å². The van der Waals surface area contributed by atoms with Crippen LogP contribution in [-0.2, 0) is 4.79 Å². The lowest BCUT2D eigenvalue weighted by atomic mass is 10.1. The molecule has 0 saturated carbocycles. The van der Waals surface area contributed by atoms with Gasteiger partial charge in [-0.1, -0.05) is 6.07 Å². The third-order valence-corrected chi connectivity index (χ3v) is 2.42. The fourth-order valence-electron chi connectivity index (χ4n) is 0.884. The average molecular weight is 276 g/mol. The summed E-state index contributed by atoms with van der Waals surface area (Å²) in [7, 11) is 0. The molecule has 0 fully saturated rings. The molecule has 3 nitrogen and oxygen atoms in total. The van der Waals surface area contributed by atoms with Crippen LogP contribution >= 0.6 is 15.9 Å². The smallest absolute Gasteiger partial charge is 0.255 e. The SMILES string of the molecule is CC(C)(O)C(=O)Nc1c(F)cccc1Br. The Kier molecular flexibility index (Phi) is 3.46. The number of hydrogen-bond donors (Lipinski definition) is 2. The van der Waals surface area contributed by atoms with E-state index in [0.717, 1.165) is 0 Å². The molecule has 0 bridgehead atoms. The van der Waals surface area contributed by atoms with Crippen LogP contribution in [0.2, 0.25) is 0 Å². The van der Waals surface area contributed by atoms with Gasteiger partial charge in [-0.3, -0.25) is 4.79 Å². The van der Waals surface area contributed by atoms with E-state index in [2.05, 4.69) is 21.2 Å². The molecule has 1 aromatic carbocycles. The fourth-order valence-corrected chi connectivity index (χ4v) is 1.32. The van der Waals surface area contributed by atoms with E-state index in [1.54, 1.807) is 6.07 Å². The number of carbonyl (C=O) groups excluding carboxylic acids is 1. The molecule has 0 heterocycles. The number of nitrogens with one attached hydrogen (secondary N) is 1. The molecule has 0 spiro atoms. The Morgan fingerprint density at radius 1 is 1.53 bits per heavy atom. The first-order valence-corrected chi connectivity index (χ1v) is 5.09. The van der Waals surface area contributed by atoms with Crippen molar-refractivity contribution in [1.82, 2.24) is 0 Å². The third-order valence-electron chi connectivity index (χ3n) is 1.76. The molecule has 0 aromatic heterocycles. The number of aliphatic hydroxyl groups is 1. The van der Waals surface area contributed by atoms with Crippen molar-refractivity contribution in [3.8, 4) is 0 Å². The summed E-state index contributed by atoms with van der Waals surface area (Å²) in [5.74, 6) is -1.21. The summed E-state index contributed by atoms with van der Waals surface area (Å²) in [4.78, 5) is 11.4. The van der Waals surface area contributed by atoms with E-state index in [0.29, 0.717) is 4.47 Å². The van der Waals surface area contributed by atoms with Crippen molar-refractivity contribution in [3.63, 3.8) is 0 Å². The van der Waals surface area contributed by atoms with Gasteiger partial charge in [-0.25, -0.2) is 4.39 Å². The zero-order valence-electron chi connectivity index (χ0n) is 8.34. The van der Waals surface area contributed by atoms with E-state index in [1.807, 2.05) is 0 Å². The molecule has 0 aliphatic rings. The molecular weight excluding hydrogens is 265 g/mol. The Labute approximate surface area is 95.4 Å². The largest absolute Gasteiger partial charge is 0.381 e. The summed E-state index contributed by atoms with van der Waals surface area (Å²) in [6.07, 6.45) is 0. The van der Waals surface area contributed by atoms with Gasteiger partial charge in [0.15, 0.2) is 0 Å². The molecule has 15 heavy (non-hydrogen) atoms. The Morgan fingerprint density at radius 2 is 2.13 bits per heavy atom. The van der Waals surface area contributed by atoms with Crippen molar-refractivity contribution in [1.29, 1.82) is 0 Å². The van der Waals surface area contributed by atoms with Crippen LogP contribution in [0.4, 0.5) is 10.1 Å². The van der Waals surface area contributed by atoms with E-state index in [4.69, 9.17) is 0 Å². The van der Waals surface area contributed by atoms with Gasteiger partial charge in [0, 0.05) is 4.47 Å². The van der Waals surface area contributed by atoms with Crippen LogP contribution in [0, 0.1) is 5.82 Å². The van der Waals surface area contributed by atoms with Crippen LogP contribution in [0.15, 0.2) is 22.7 Å².